The maximum Gasteiger partial charge on any atom is 0.338 e. The van der Waals surface area contributed by atoms with Crippen LogP contribution in [-0.4, -0.2) is 5.97 Å². The quantitative estimate of drug-likeness (QED) is 0.695. The van der Waals surface area contributed by atoms with Gasteiger partial charge in [-0.1, -0.05) is 12.1 Å². The van der Waals surface area contributed by atoms with Gasteiger partial charge in [0.1, 0.15) is 12.4 Å². The summed E-state index contributed by atoms with van der Waals surface area (Å²) >= 11 is 0. The second-order valence-electron chi connectivity index (χ2n) is 4.03. The van der Waals surface area contributed by atoms with E-state index < -0.39 is 30.0 Å². The first-order valence-corrected chi connectivity index (χ1v) is 5.64. The lowest BCUT2D eigenvalue weighted by Gasteiger charge is -2.07. The Hall–Kier alpha value is -2.50. The molecule has 0 aliphatic carbocycles. The van der Waals surface area contributed by atoms with Gasteiger partial charge < -0.3 is 10.5 Å². The van der Waals surface area contributed by atoms with Gasteiger partial charge in [-0.15, -0.1) is 0 Å². The van der Waals surface area contributed by atoms with Gasteiger partial charge in [-0.05, 0) is 24.3 Å². The van der Waals surface area contributed by atoms with E-state index >= 15 is 0 Å². The second-order valence-corrected chi connectivity index (χ2v) is 4.03. The zero-order chi connectivity index (χ0) is 14.7. The molecule has 6 heteroatoms. The maximum absolute atomic E-state index is 13.3. The van der Waals surface area contributed by atoms with Gasteiger partial charge >= 0.3 is 5.97 Å². The molecule has 0 unspecified atom stereocenters. The predicted octanol–water partition coefficient (Wildman–Crippen LogP) is 3.04. The zero-order valence-electron chi connectivity index (χ0n) is 10.2. The van der Waals surface area contributed by atoms with Crippen molar-refractivity contribution in [3.05, 3.63) is 65.0 Å². The summed E-state index contributed by atoms with van der Waals surface area (Å²) in [5.41, 5.74) is 5.06. The molecule has 3 nitrogen and oxygen atoms in total. The normalized spacial score (nSPS) is 10.3. The van der Waals surface area contributed by atoms with Crippen molar-refractivity contribution in [1.82, 2.24) is 0 Å². The minimum Gasteiger partial charge on any atom is -0.457 e. The Morgan fingerprint density at radius 2 is 1.85 bits per heavy atom. The van der Waals surface area contributed by atoms with Crippen LogP contribution in [0.3, 0.4) is 0 Å². The Morgan fingerprint density at radius 3 is 2.55 bits per heavy atom. The molecule has 104 valence electrons. The van der Waals surface area contributed by atoms with Crippen LogP contribution >= 0.6 is 0 Å². The van der Waals surface area contributed by atoms with Crippen molar-refractivity contribution >= 4 is 11.7 Å². The van der Waals surface area contributed by atoms with Crippen molar-refractivity contribution in [3.63, 3.8) is 0 Å². The van der Waals surface area contributed by atoms with E-state index in [1.165, 1.54) is 18.2 Å². The smallest absolute Gasteiger partial charge is 0.338 e. The third-order valence-corrected chi connectivity index (χ3v) is 2.62. The highest BCUT2D eigenvalue weighted by atomic mass is 19.2. The van der Waals surface area contributed by atoms with Crippen molar-refractivity contribution in [1.29, 1.82) is 0 Å². The highest BCUT2D eigenvalue weighted by molar-refractivity contribution is 5.90. The number of nitrogen functional groups attached to an aromatic ring is 1. The molecular weight excluding hydrogens is 271 g/mol. The van der Waals surface area contributed by atoms with Crippen LogP contribution in [0.4, 0.5) is 18.9 Å². The van der Waals surface area contributed by atoms with Crippen LogP contribution in [0, 0.1) is 17.5 Å². The van der Waals surface area contributed by atoms with Crippen LogP contribution in [0.2, 0.25) is 0 Å². The van der Waals surface area contributed by atoms with Gasteiger partial charge in [0.25, 0.3) is 0 Å². The molecule has 0 aromatic heterocycles. The second kappa shape index (κ2) is 5.64. The van der Waals surface area contributed by atoms with Gasteiger partial charge in [0.05, 0.1) is 11.3 Å². The largest absolute Gasteiger partial charge is 0.457 e. The molecule has 0 saturated carbocycles. The van der Waals surface area contributed by atoms with Crippen LogP contribution in [0.25, 0.3) is 0 Å². The fraction of sp³-hybridized carbons (Fsp3) is 0.0714. The van der Waals surface area contributed by atoms with Crippen molar-refractivity contribution in [2.45, 2.75) is 6.61 Å². The first-order valence-electron chi connectivity index (χ1n) is 5.64. The Kier molecular flexibility index (Phi) is 3.93. The van der Waals surface area contributed by atoms with E-state index in [1.807, 2.05) is 0 Å². The fourth-order valence-electron chi connectivity index (χ4n) is 1.56. The van der Waals surface area contributed by atoms with Crippen LogP contribution in [0.15, 0.2) is 36.4 Å². The summed E-state index contributed by atoms with van der Waals surface area (Å²) in [4.78, 5) is 11.7. The summed E-state index contributed by atoms with van der Waals surface area (Å²) < 4.78 is 44.0. The van der Waals surface area contributed by atoms with Gasteiger partial charge in [0, 0.05) is 5.56 Å². The number of benzene rings is 2. The summed E-state index contributed by atoms with van der Waals surface area (Å²) in [7, 11) is 0. The van der Waals surface area contributed by atoms with E-state index in [0.29, 0.717) is 0 Å². The van der Waals surface area contributed by atoms with E-state index in [1.54, 1.807) is 0 Å². The molecule has 2 aromatic rings. The average molecular weight is 281 g/mol. The Balaban J connectivity index is 2.08. The number of hydrogen-bond donors (Lipinski definition) is 1. The highest BCUT2D eigenvalue weighted by Crippen LogP contribution is 2.16. The van der Waals surface area contributed by atoms with E-state index in [4.69, 9.17) is 10.5 Å². The van der Waals surface area contributed by atoms with Gasteiger partial charge in [0.2, 0.25) is 0 Å². The third kappa shape index (κ3) is 2.90. The zero-order valence-corrected chi connectivity index (χ0v) is 10.2. The summed E-state index contributed by atoms with van der Waals surface area (Å²) in [5.74, 6) is -3.55. The molecule has 2 rings (SSSR count). The highest BCUT2D eigenvalue weighted by Gasteiger charge is 2.13. The topological polar surface area (TPSA) is 52.3 Å². The van der Waals surface area contributed by atoms with E-state index in [-0.39, 0.29) is 16.8 Å². The molecule has 0 fully saturated rings. The molecule has 2 aromatic carbocycles. The van der Waals surface area contributed by atoms with Gasteiger partial charge in [0.15, 0.2) is 11.6 Å². The molecule has 0 amide bonds. The summed E-state index contributed by atoms with van der Waals surface area (Å²) in [6.45, 7) is -0.431. The van der Waals surface area contributed by atoms with Crippen LogP contribution < -0.4 is 5.73 Å². The number of hydrogen-bond acceptors (Lipinski definition) is 3. The van der Waals surface area contributed by atoms with Gasteiger partial charge in [-0.25, -0.2) is 18.0 Å². The maximum atomic E-state index is 13.3. The molecule has 0 radical (unpaired) electrons. The van der Waals surface area contributed by atoms with Crippen molar-refractivity contribution in [3.8, 4) is 0 Å². The predicted molar refractivity (Wildman–Crippen MR) is 66.3 cm³/mol. The summed E-state index contributed by atoms with van der Waals surface area (Å²) in [5, 5.41) is 0. The molecule has 20 heavy (non-hydrogen) atoms. The number of halogens is 3. The summed E-state index contributed by atoms with van der Waals surface area (Å²) in [6, 6.07) is 6.88. The molecular formula is C14H10F3NO2. The first-order chi connectivity index (χ1) is 9.49. The van der Waals surface area contributed by atoms with Gasteiger partial charge in [-0.3, -0.25) is 0 Å². The van der Waals surface area contributed by atoms with Crippen LogP contribution in [0.1, 0.15) is 15.9 Å². The number of anilines is 1. The number of rotatable bonds is 3. The van der Waals surface area contributed by atoms with E-state index in [2.05, 4.69) is 0 Å². The fourth-order valence-corrected chi connectivity index (χ4v) is 1.56. The number of esters is 1. The molecule has 0 atom stereocenters. The number of carbonyl (C=O) groups excluding carboxylic acids is 1. The van der Waals surface area contributed by atoms with Crippen LogP contribution in [0.5, 0.6) is 0 Å². The number of ether oxygens (including phenoxy) is 1. The van der Waals surface area contributed by atoms with Crippen molar-refractivity contribution < 1.29 is 22.7 Å². The van der Waals surface area contributed by atoms with E-state index in [9.17, 15) is 18.0 Å². The minimum atomic E-state index is -1.07. The molecule has 0 spiro atoms. The molecule has 0 bridgehead atoms. The number of carbonyl (C=O) groups is 1. The SMILES string of the molecule is Nc1cc(C(=O)OCc2cccc(F)c2F)ccc1F. The minimum absolute atomic E-state index is 0.0284. The van der Waals surface area contributed by atoms with Crippen molar-refractivity contribution in [2.75, 3.05) is 5.73 Å². The molecule has 0 saturated heterocycles. The Labute approximate surface area is 112 Å². The lowest BCUT2D eigenvalue weighted by Crippen LogP contribution is -2.07. The lowest BCUT2D eigenvalue weighted by atomic mass is 10.2. The first kappa shape index (κ1) is 13.9. The lowest BCUT2D eigenvalue weighted by molar-refractivity contribution is 0.0468. The monoisotopic (exact) mass is 281 g/mol. The number of nitrogens with two attached hydrogens (primary N) is 1. The molecule has 2 N–H and O–H groups in total. The average Bonchev–Trinajstić information content (AvgIpc) is 2.43. The molecule has 0 aliphatic heterocycles. The van der Waals surface area contributed by atoms with Gasteiger partial charge in [-0.2, -0.15) is 0 Å². The molecule has 0 heterocycles. The Morgan fingerprint density at radius 1 is 1.10 bits per heavy atom. The Bertz CT molecular complexity index is 659. The van der Waals surface area contributed by atoms with E-state index in [0.717, 1.165) is 18.2 Å². The molecule has 0 aliphatic rings. The van der Waals surface area contributed by atoms with Crippen LogP contribution in [-0.2, 0) is 11.3 Å². The summed E-state index contributed by atoms with van der Waals surface area (Å²) in [6.07, 6.45) is 0. The standard InChI is InChI=1S/C14H10F3NO2/c15-10-5-4-8(6-12(10)18)14(19)20-7-9-2-1-3-11(16)13(9)17/h1-6H,7,18H2. The van der Waals surface area contributed by atoms with Crippen molar-refractivity contribution in [2.24, 2.45) is 0 Å². The third-order valence-electron chi connectivity index (χ3n) is 2.62.